The predicted octanol–water partition coefficient (Wildman–Crippen LogP) is 4.88. The molecule has 35 heavy (non-hydrogen) atoms. The van der Waals surface area contributed by atoms with Crippen molar-refractivity contribution < 1.29 is 23.8 Å². The SMILES string of the molecule is COc1ccc(N2C(=O)/C(=C\c3cc(Br)c(OCc4ccccc4)c(OC)c3)C(=O)NC2=S)cc1. The van der Waals surface area contributed by atoms with E-state index >= 15 is 0 Å². The van der Waals surface area contributed by atoms with Crippen LogP contribution in [-0.4, -0.2) is 31.1 Å². The van der Waals surface area contributed by atoms with E-state index in [-0.39, 0.29) is 10.7 Å². The molecule has 9 heteroatoms. The molecule has 178 valence electrons. The van der Waals surface area contributed by atoms with Crippen molar-refractivity contribution in [1.29, 1.82) is 0 Å². The third-order valence-electron chi connectivity index (χ3n) is 5.22. The Labute approximate surface area is 216 Å². The molecule has 1 saturated heterocycles. The summed E-state index contributed by atoms with van der Waals surface area (Å²) in [4.78, 5) is 27.2. The number of nitrogens with one attached hydrogen (secondary N) is 1. The molecule has 0 bridgehead atoms. The molecule has 0 saturated carbocycles. The Hall–Kier alpha value is -3.69. The standard InChI is InChI=1S/C26H21BrN2O5S/c1-32-19-10-8-18(9-11-19)29-25(31)20(24(30)28-26(29)35)12-17-13-21(27)23(22(14-17)33-2)34-15-16-6-4-3-5-7-16/h3-14H,15H2,1-2H3,(H,28,30,35)/b20-12-. The van der Waals surface area contributed by atoms with Crippen molar-refractivity contribution in [3.63, 3.8) is 0 Å². The highest BCUT2D eigenvalue weighted by molar-refractivity contribution is 9.10. The summed E-state index contributed by atoms with van der Waals surface area (Å²) in [6.45, 7) is 0.353. The van der Waals surface area contributed by atoms with Gasteiger partial charge in [0.15, 0.2) is 16.6 Å². The molecule has 3 aromatic carbocycles. The molecule has 4 rings (SSSR count). The number of amides is 2. The number of halogens is 1. The average Bonchev–Trinajstić information content (AvgIpc) is 2.86. The average molecular weight is 553 g/mol. The largest absolute Gasteiger partial charge is 0.497 e. The van der Waals surface area contributed by atoms with E-state index in [4.69, 9.17) is 26.4 Å². The van der Waals surface area contributed by atoms with Gasteiger partial charge in [0, 0.05) is 0 Å². The van der Waals surface area contributed by atoms with E-state index in [2.05, 4.69) is 21.2 Å². The van der Waals surface area contributed by atoms with Crippen LogP contribution in [0, 0.1) is 0 Å². The van der Waals surface area contributed by atoms with Crippen LogP contribution in [0.15, 0.2) is 76.8 Å². The first-order valence-corrected chi connectivity index (χ1v) is 11.7. The van der Waals surface area contributed by atoms with Gasteiger partial charge in [-0.05, 0) is 81.7 Å². The first-order chi connectivity index (χ1) is 16.9. The smallest absolute Gasteiger partial charge is 0.270 e. The number of anilines is 1. The van der Waals surface area contributed by atoms with Crippen LogP contribution in [0.1, 0.15) is 11.1 Å². The highest BCUT2D eigenvalue weighted by Gasteiger charge is 2.34. The quantitative estimate of drug-likeness (QED) is 0.256. The Morgan fingerprint density at radius 1 is 1.00 bits per heavy atom. The molecular weight excluding hydrogens is 532 g/mol. The number of thiocarbonyl (C=S) groups is 1. The minimum Gasteiger partial charge on any atom is -0.497 e. The molecule has 3 aromatic rings. The fourth-order valence-electron chi connectivity index (χ4n) is 3.48. The number of carbonyl (C=O) groups is 2. The van der Waals surface area contributed by atoms with Crippen LogP contribution in [0.3, 0.4) is 0 Å². The zero-order valence-electron chi connectivity index (χ0n) is 18.9. The normalized spacial score (nSPS) is 14.7. The molecule has 1 heterocycles. The molecule has 0 atom stereocenters. The fourth-order valence-corrected chi connectivity index (χ4v) is 4.34. The van der Waals surface area contributed by atoms with Crippen molar-refractivity contribution >= 4 is 56.8 Å². The van der Waals surface area contributed by atoms with Gasteiger partial charge in [0.05, 0.1) is 24.4 Å². The topological polar surface area (TPSA) is 77.1 Å². The zero-order valence-corrected chi connectivity index (χ0v) is 21.3. The van der Waals surface area contributed by atoms with E-state index < -0.39 is 11.8 Å². The number of nitrogens with zero attached hydrogens (tertiary/aromatic N) is 1. The van der Waals surface area contributed by atoms with Gasteiger partial charge in [-0.2, -0.15) is 0 Å². The van der Waals surface area contributed by atoms with Crippen LogP contribution in [0.25, 0.3) is 6.08 Å². The monoisotopic (exact) mass is 552 g/mol. The second-order valence-corrected chi connectivity index (χ2v) is 8.71. The second kappa shape index (κ2) is 10.7. The van der Waals surface area contributed by atoms with Crippen LogP contribution in [0.2, 0.25) is 0 Å². The maximum Gasteiger partial charge on any atom is 0.270 e. The molecule has 2 amide bonds. The molecule has 0 spiro atoms. The highest BCUT2D eigenvalue weighted by Crippen LogP contribution is 2.38. The lowest BCUT2D eigenvalue weighted by Gasteiger charge is -2.29. The van der Waals surface area contributed by atoms with Crippen LogP contribution in [0.4, 0.5) is 5.69 Å². The first kappa shape index (κ1) is 24.4. The molecule has 1 fully saturated rings. The van der Waals surface area contributed by atoms with Crippen molar-refractivity contribution in [2.75, 3.05) is 19.1 Å². The molecule has 1 aliphatic heterocycles. The molecule has 1 aliphatic rings. The minimum atomic E-state index is -0.579. The fraction of sp³-hybridized carbons (Fsp3) is 0.115. The van der Waals surface area contributed by atoms with Gasteiger partial charge in [-0.25, -0.2) is 0 Å². The maximum atomic E-state index is 13.3. The predicted molar refractivity (Wildman–Crippen MR) is 141 cm³/mol. The Bertz CT molecular complexity index is 1310. The van der Waals surface area contributed by atoms with Crippen molar-refractivity contribution in [2.45, 2.75) is 6.61 Å². The van der Waals surface area contributed by atoms with Crippen molar-refractivity contribution in [3.8, 4) is 17.2 Å². The number of hydrogen-bond donors (Lipinski definition) is 1. The minimum absolute atomic E-state index is 0.00531. The summed E-state index contributed by atoms with van der Waals surface area (Å²) in [7, 11) is 3.08. The highest BCUT2D eigenvalue weighted by atomic mass is 79.9. The maximum absolute atomic E-state index is 13.3. The molecular formula is C26H21BrN2O5S. The first-order valence-electron chi connectivity index (χ1n) is 10.5. The van der Waals surface area contributed by atoms with Crippen LogP contribution in [0.5, 0.6) is 17.2 Å². The van der Waals surface area contributed by atoms with Gasteiger partial charge in [0.2, 0.25) is 0 Å². The van der Waals surface area contributed by atoms with E-state index in [0.717, 1.165) is 5.56 Å². The van der Waals surface area contributed by atoms with Gasteiger partial charge in [-0.1, -0.05) is 30.3 Å². The molecule has 0 unspecified atom stereocenters. The van der Waals surface area contributed by atoms with Crippen LogP contribution < -0.4 is 24.4 Å². The lowest BCUT2D eigenvalue weighted by Crippen LogP contribution is -2.54. The van der Waals surface area contributed by atoms with Gasteiger partial charge in [-0.3, -0.25) is 19.8 Å². The summed E-state index contributed by atoms with van der Waals surface area (Å²) >= 11 is 8.78. The van der Waals surface area contributed by atoms with E-state index in [0.29, 0.717) is 39.6 Å². The van der Waals surface area contributed by atoms with Crippen molar-refractivity contribution in [3.05, 3.63) is 87.9 Å². The Kier molecular flexibility index (Phi) is 7.48. The summed E-state index contributed by atoms with van der Waals surface area (Å²) < 4.78 is 17.3. The molecule has 0 aliphatic carbocycles. The zero-order chi connectivity index (χ0) is 24.9. The number of methoxy groups -OCH3 is 2. The van der Waals surface area contributed by atoms with E-state index in [1.165, 1.54) is 18.1 Å². The Morgan fingerprint density at radius 2 is 1.71 bits per heavy atom. The second-order valence-electron chi connectivity index (χ2n) is 7.46. The van der Waals surface area contributed by atoms with Crippen LogP contribution in [-0.2, 0) is 16.2 Å². The summed E-state index contributed by atoms with van der Waals surface area (Å²) in [5.74, 6) is 0.482. The summed E-state index contributed by atoms with van der Waals surface area (Å²) in [5, 5.41) is 2.59. The van der Waals surface area contributed by atoms with E-state index in [1.807, 2.05) is 30.3 Å². The van der Waals surface area contributed by atoms with Gasteiger partial charge in [0.25, 0.3) is 11.8 Å². The Balaban J connectivity index is 1.63. The third-order valence-corrected chi connectivity index (χ3v) is 6.09. The number of ether oxygens (including phenoxy) is 3. The van der Waals surface area contributed by atoms with Crippen molar-refractivity contribution in [1.82, 2.24) is 5.32 Å². The summed E-state index contributed by atoms with van der Waals surface area (Å²) in [6.07, 6.45) is 1.49. The van der Waals surface area contributed by atoms with Crippen molar-refractivity contribution in [2.24, 2.45) is 0 Å². The molecule has 1 N–H and O–H groups in total. The summed E-state index contributed by atoms with van der Waals surface area (Å²) in [5.41, 5.74) is 2.02. The van der Waals surface area contributed by atoms with Gasteiger partial charge < -0.3 is 14.2 Å². The van der Waals surface area contributed by atoms with E-state index in [9.17, 15) is 9.59 Å². The molecule has 7 nitrogen and oxygen atoms in total. The number of hydrogen-bond acceptors (Lipinski definition) is 6. The number of rotatable bonds is 7. The van der Waals surface area contributed by atoms with Gasteiger partial charge in [0.1, 0.15) is 17.9 Å². The summed E-state index contributed by atoms with van der Waals surface area (Å²) in [6, 6.07) is 20.0. The Morgan fingerprint density at radius 3 is 2.37 bits per heavy atom. The number of carbonyl (C=O) groups excluding carboxylic acids is 2. The number of benzene rings is 3. The van der Waals surface area contributed by atoms with E-state index in [1.54, 1.807) is 43.5 Å². The third kappa shape index (κ3) is 5.36. The van der Waals surface area contributed by atoms with Crippen LogP contribution >= 0.6 is 28.1 Å². The van der Waals surface area contributed by atoms with Gasteiger partial charge >= 0.3 is 0 Å². The lowest BCUT2D eigenvalue weighted by molar-refractivity contribution is -0.122. The molecule has 0 aromatic heterocycles. The lowest BCUT2D eigenvalue weighted by atomic mass is 10.1. The van der Waals surface area contributed by atoms with Gasteiger partial charge in [-0.15, -0.1) is 0 Å². The molecule has 0 radical (unpaired) electrons.